The van der Waals surface area contributed by atoms with E-state index in [0.29, 0.717) is 5.69 Å². The highest BCUT2D eigenvalue weighted by Crippen LogP contribution is 2.30. The van der Waals surface area contributed by atoms with Crippen molar-refractivity contribution < 1.29 is 4.39 Å². The van der Waals surface area contributed by atoms with Crippen molar-refractivity contribution in [2.75, 3.05) is 18.0 Å². The second-order valence-corrected chi connectivity index (χ2v) is 4.71. The fourth-order valence-corrected chi connectivity index (χ4v) is 2.21. The lowest BCUT2D eigenvalue weighted by atomic mass is 10.0. The molecule has 0 spiro atoms. The highest BCUT2D eigenvalue weighted by Gasteiger charge is 2.19. The van der Waals surface area contributed by atoms with Crippen molar-refractivity contribution in [3.05, 3.63) is 41.2 Å². The van der Waals surface area contributed by atoms with Crippen molar-refractivity contribution in [3.8, 4) is 0 Å². The summed E-state index contributed by atoms with van der Waals surface area (Å²) in [6, 6.07) is 5.00. The smallest absolute Gasteiger partial charge is 0.146 e. The largest absolute Gasteiger partial charge is 0.365 e. The van der Waals surface area contributed by atoms with Gasteiger partial charge >= 0.3 is 0 Å². The topological polar surface area (TPSA) is 29.3 Å². The van der Waals surface area contributed by atoms with Crippen molar-refractivity contribution in [1.82, 2.24) is 0 Å². The molecule has 2 N–H and O–H groups in total. The molecule has 0 saturated heterocycles. The molecule has 3 heteroatoms. The first-order valence-corrected chi connectivity index (χ1v) is 6.04. The van der Waals surface area contributed by atoms with Crippen molar-refractivity contribution in [2.24, 2.45) is 5.73 Å². The molecule has 0 fully saturated rings. The summed E-state index contributed by atoms with van der Waals surface area (Å²) in [4.78, 5) is 2.07. The van der Waals surface area contributed by atoms with Gasteiger partial charge in [-0.1, -0.05) is 23.8 Å². The van der Waals surface area contributed by atoms with E-state index >= 15 is 0 Å². The molecule has 1 aromatic rings. The molecule has 1 aromatic carbocycles. The van der Waals surface area contributed by atoms with E-state index in [2.05, 4.69) is 17.9 Å². The fourth-order valence-electron chi connectivity index (χ4n) is 2.21. The van der Waals surface area contributed by atoms with E-state index in [1.807, 2.05) is 13.0 Å². The molecule has 92 valence electrons. The van der Waals surface area contributed by atoms with E-state index in [1.165, 1.54) is 11.6 Å². The molecule has 2 nitrogen and oxygen atoms in total. The Morgan fingerprint density at radius 3 is 2.76 bits per heavy atom. The molecule has 0 bridgehead atoms. The van der Waals surface area contributed by atoms with Gasteiger partial charge < -0.3 is 10.6 Å². The second-order valence-electron chi connectivity index (χ2n) is 4.71. The van der Waals surface area contributed by atoms with Gasteiger partial charge in [0.2, 0.25) is 0 Å². The van der Waals surface area contributed by atoms with Crippen molar-refractivity contribution in [3.63, 3.8) is 0 Å². The van der Waals surface area contributed by atoms with Gasteiger partial charge in [0.25, 0.3) is 0 Å². The summed E-state index contributed by atoms with van der Waals surface area (Å²) in [7, 11) is 0. The molecule has 2 rings (SSSR count). The van der Waals surface area contributed by atoms with Gasteiger partial charge in [0.15, 0.2) is 0 Å². The lowest BCUT2D eigenvalue weighted by molar-refractivity contribution is 0.610. The average molecular weight is 234 g/mol. The van der Waals surface area contributed by atoms with E-state index in [4.69, 9.17) is 5.73 Å². The molecule has 1 unspecified atom stereocenters. The van der Waals surface area contributed by atoms with Crippen LogP contribution in [0.25, 0.3) is 0 Å². The zero-order chi connectivity index (χ0) is 12.4. The molecule has 1 aliphatic rings. The molecular formula is C14H19FN2. The molecule has 17 heavy (non-hydrogen) atoms. The minimum atomic E-state index is -0.173. The molecule has 1 atom stereocenters. The third-order valence-electron chi connectivity index (χ3n) is 3.26. The molecule has 1 heterocycles. The number of nitrogens with zero attached hydrogens (tertiary/aromatic N) is 1. The first-order valence-electron chi connectivity index (χ1n) is 6.04. The Labute approximate surface area is 102 Å². The van der Waals surface area contributed by atoms with Gasteiger partial charge in [0.1, 0.15) is 5.82 Å². The molecule has 0 amide bonds. The summed E-state index contributed by atoms with van der Waals surface area (Å²) in [5, 5.41) is 0. The number of anilines is 1. The zero-order valence-corrected chi connectivity index (χ0v) is 10.4. The normalized spacial score (nSPS) is 17.9. The van der Waals surface area contributed by atoms with Gasteiger partial charge in [0.05, 0.1) is 5.69 Å². The first-order chi connectivity index (χ1) is 8.09. The van der Waals surface area contributed by atoms with Gasteiger partial charge in [-0.05, 0) is 31.9 Å². The van der Waals surface area contributed by atoms with Gasteiger partial charge in [0, 0.05) is 19.1 Å². The van der Waals surface area contributed by atoms with Crippen LogP contribution in [0.4, 0.5) is 10.1 Å². The van der Waals surface area contributed by atoms with Crippen molar-refractivity contribution in [2.45, 2.75) is 26.3 Å². The monoisotopic (exact) mass is 234 g/mol. The van der Waals surface area contributed by atoms with E-state index in [9.17, 15) is 4.39 Å². The maximum Gasteiger partial charge on any atom is 0.146 e. The van der Waals surface area contributed by atoms with Crippen molar-refractivity contribution in [1.29, 1.82) is 0 Å². The zero-order valence-electron chi connectivity index (χ0n) is 10.4. The van der Waals surface area contributed by atoms with Gasteiger partial charge in [-0.3, -0.25) is 0 Å². The number of rotatable bonds is 2. The SMILES string of the molecule is CC1=CCN(c2c(F)cccc2C(C)N)CC1. The minimum absolute atomic E-state index is 0.146. The Bertz CT molecular complexity index is 438. The number of benzene rings is 1. The summed E-state index contributed by atoms with van der Waals surface area (Å²) in [6.07, 6.45) is 3.15. The van der Waals surface area contributed by atoms with Crippen LogP contribution in [-0.4, -0.2) is 13.1 Å². The molecule has 0 radical (unpaired) electrons. The summed E-state index contributed by atoms with van der Waals surface area (Å²) in [5.41, 5.74) is 8.84. The molecule has 0 aliphatic carbocycles. The van der Waals surface area contributed by atoms with Gasteiger partial charge in [-0.2, -0.15) is 0 Å². The highest BCUT2D eigenvalue weighted by atomic mass is 19.1. The summed E-state index contributed by atoms with van der Waals surface area (Å²) < 4.78 is 14.0. The summed E-state index contributed by atoms with van der Waals surface area (Å²) >= 11 is 0. The highest BCUT2D eigenvalue weighted by molar-refractivity contribution is 5.57. The van der Waals surface area contributed by atoms with Crippen LogP contribution in [0.15, 0.2) is 29.8 Å². The van der Waals surface area contributed by atoms with E-state index in [-0.39, 0.29) is 11.9 Å². The van der Waals surface area contributed by atoms with Crippen molar-refractivity contribution >= 4 is 5.69 Å². The predicted molar refractivity (Wildman–Crippen MR) is 69.6 cm³/mol. The summed E-state index contributed by atoms with van der Waals surface area (Å²) in [6.45, 7) is 5.64. The van der Waals surface area contributed by atoms with Crippen LogP contribution >= 0.6 is 0 Å². The van der Waals surface area contributed by atoms with E-state index in [1.54, 1.807) is 6.07 Å². The van der Waals surface area contributed by atoms with Crippen LogP contribution in [0.1, 0.15) is 31.9 Å². The van der Waals surface area contributed by atoms with Gasteiger partial charge in [-0.15, -0.1) is 0 Å². The van der Waals surface area contributed by atoms with Crippen LogP contribution < -0.4 is 10.6 Å². The van der Waals surface area contributed by atoms with Crippen LogP contribution in [-0.2, 0) is 0 Å². The molecule has 1 aliphatic heterocycles. The Balaban J connectivity index is 2.37. The Hall–Kier alpha value is -1.35. The van der Waals surface area contributed by atoms with E-state index in [0.717, 1.165) is 25.1 Å². The summed E-state index contributed by atoms with van der Waals surface area (Å²) in [5.74, 6) is -0.173. The second kappa shape index (κ2) is 4.88. The maximum atomic E-state index is 14.0. The third kappa shape index (κ3) is 2.50. The fraction of sp³-hybridized carbons (Fsp3) is 0.429. The number of para-hydroxylation sites is 1. The number of halogens is 1. The van der Waals surface area contributed by atoms with Gasteiger partial charge in [-0.25, -0.2) is 4.39 Å². The molecule has 0 saturated carbocycles. The number of nitrogens with two attached hydrogens (primary N) is 1. The maximum absolute atomic E-state index is 14.0. The Morgan fingerprint density at radius 1 is 1.41 bits per heavy atom. The minimum Gasteiger partial charge on any atom is -0.365 e. The van der Waals surface area contributed by atoms with E-state index < -0.39 is 0 Å². The Kier molecular flexibility index (Phi) is 3.48. The van der Waals surface area contributed by atoms with Crippen LogP contribution in [0, 0.1) is 5.82 Å². The van der Waals surface area contributed by atoms with Crippen LogP contribution in [0.3, 0.4) is 0 Å². The lowest BCUT2D eigenvalue weighted by Crippen LogP contribution is -2.30. The first kappa shape index (κ1) is 12.1. The number of hydrogen-bond acceptors (Lipinski definition) is 2. The molecular weight excluding hydrogens is 215 g/mol. The predicted octanol–water partition coefficient (Wildman–Crippen LogP) is 3.00. The Morgan fingerprint density at radius 2 is 2.18 bits per heavy atom. The van der Waals surface area contributed by atoms with Crippen LogP contribution in [0.5, 0.6) is 0 Å². The van der Waals surface area contributed by atoms with Crippen LogP contribution in [0.2, 0.25) is 0 Å². The standard InChI is InChI=1S/C14H19FN2/c1-10-6-8-17(9-7-10)14-12(11(2)16)4-3-5-13(14)15/h3-6,11H,7-9,16H2,1-2H3. The lowest BCUT2D eigenvalue weighted by Gasteiger charge is -2.30. The number of hydrogen-bond donors (Lipinski definition) is 1. The average Bonchev–Trinajstić information content (AvgIpc) is 2.30. The third-order valence-corrected chi connectivity index (χ3v) is 3.26. The molecule has 0 aromatic heterocycles. The quantitative estimate of drug-likeness (QED) is 0.797.